The van der Waals surface area contributed by atoms with Crippen molar-refractivity contribution in [2.45, 2.75) is 6.42 Å². The molecule has 5 heteroatoms. The van der Waals surface area contributed by atoms with Gasteiger partial charge in [0.05, 0.1) is 5.69 Å². The summed E-state index contributed by atoms with van der Waals surface area (Å²) in [4.78, 5) is 6.19. The number of aromatic nitrogens is 3. The number of pyridine rings is 1. The first kappa shape index (κ1) is 12.4. The van der Waals surface area contributed by atoms with Crippen LogP contribution in [0.15, 0.2) is 36.5 Å². The van der Waals surface area contributed by atoms with Gasteiger partial charge in [0, 0.05) is 26.4 Å². The molecule has 0 amide bonds. The maximum absolute atomic E-state index is 8.78. The average molecular weight is 244 g/mol. The zero-order valence-electron chi connectivity index (χ0n) is 10.3. The topological polar surface area (TPSA) is 62.1 Å². The fourth-order valence-corrected chi connectivity index (χ4v) is 1.60. The summed E-state index contributed by atoms with van der Waals surface area (Å²) >= 11 is 0. The highest BCUT2D eigenvalue weighted by Gasteiger charge is 2.05. The highest BCUT2D eigenvalue weighted by Crippen LogP contribution is 2.15. The van der Waals surface area contributed by atoms with E-state index in [1.54, 1.807) is 6.20 Å². The van der Waals surface area contributed by atoms with Crippen LogP contribution in [0.4, 0.5) is 5.82 Å². The molecule has 94 valence electrons. The zero-order chi connectivity index (χ0) is 12.8. The van der Waals surface area contributed by atoms with E-state index in [-0.39, 0.29) is 6.61 Å². The van der Waals surface area contributed by atoms with Crippen molar-refractivity contribution in [2.24, 2.45) is 0 Å². The second-order valence-corrected chi connectivity index (χ2v) is 3.99. The lowest BCUT2D eigenvalue weighted by atomic mass is 10.2. The van der Waals surface area contributed by atoms with Crippen LogP contribution in [-0.4, -0.2) is 40.5 Å². The SMILES string of the molecule is CN(CCCO)c1ccc(-c2ccccn2)nn1. The molecule has 2 heterocycles. The molecule has 0 aliphatic heterocycles. The maximum Gasteiger partial charge on any atom is 0.151 e. The number of rotatable bonds is 5. The van der Waals surface area contributed by atoms with E-state index in [2.05, 4.69) is 15.2 Å². The summed E-state index contributed by atoms with van der Waals surface area (Å²) in [5.74, 6) is 0.795. The quantitative estimate of drug-likeness (QED) is 0.860. The number of aliphatic hydroxyl groups excluding tert-OH is 1. The summed E-state index contributed by atoms with van der Waals surface area (Å²) < 4.78 is 0. The van der Waals surface area contributed by atoms with Crippen LogP contribution in [-0.2, 0) is 0 Å². The van der Waals surface area contributed by atoms with E-state index in [1.807, 2.05) is 42.3 Å². The minimum atomic E-state index is 0.184. The van der Waals surface area contributed by atoms with Crippen LogP contribution in [0.3, 0.4) is 0 Å². The van der Waals surface area contributed by atoms with Gasteiger partial charge in [-0.15, -0.1) is 10.2 Å². The van der Waals surface area contributed by atoms with Crippen molar-refractivity contribution in [1.29, 1.82) is 0 Å². The van der Waals surface area contributed by atoms with Crippen molar-refractivity contribution in [2.75, 3.05) is 25.1 Å². The van der Waals surface area contributed by atoms with Crippen LogP contribution < -0.4 is 4.90 Å². The Morgan fingerprint density at radius 2 is 2.00 bits per heavy atom. The molecule has 2 aromatic rings. The monoisotopic (exact) mass is 244 g/mol. The third-order valence-electron chi connectivity index (χ3n) is 2.62. The van der Waals surface area contributed by atoms with Crippen molar-refractivity contribution in [3.63, 3.8) is 0 Å². The van der Waals surface area contributed by atoms with Gasteiger partial charge in [-0.1, -0.05) is 6.07 Å². The molecule has 2 aromatic heterocycles. The molecule has 1 N–H and O–H groups in total. The Bertz CT molecular complexity index is 472. The van der Waals surface area contributed by atoms with Gasteiger partial charge in [0.15, 0.2) is 5.82 Å². The molecule has 0 saturated heterocycles. The first-order valence-corrected chi connectivity index (χ1v) is 5.88. The smallest absolute Gasteiger partial charge is 0.151 e. The fraction of sp³-hybridized carbons (Fsp3) is 0.308. The Morgan fingerprint density at radius 3 is 2.61 bits per heavy atom. The Labute approximate surface area is 106 Å². The summed E-state index contributed by atoms with van der Waals surface area (Å²) in [5, 5.41) is 17.1. The molecule has 0 bridgehead atoms. The summed E-state index contributed by atoms with van der Waals surface area (Å²) in [6.07, 6.45) is 2.46. The van der Waals surface area contributed by atoms with Crippen LogP contribution in [0.25, 0.3) is 11.4 Å². The van der Waals surface area contributed by atoms with Gasteiger partial charge in [-0.2, -0.15) is 0 Å². The molecule has 0 aromatic carbocycles. The van der Waals surface area contributed by atoms with Gasteiger partial charge in [0.1, 0.15) is 5.69 Å². The highest BCUT2D eigenvalue weighted by molar-refractivity contribution is 5.54. The van der Waals surface area contributed by atoms with E-state index in [1.165, 1.54) is 0 Å². The molecular weight excluding hydrogens is 228 g/mol. The first-order chi connectivity index (χ1) is 8.81. The molecule has 0 aliphatic rings. The van der Waals surface area contributed by atoms with Crippen LogP contribution in [0.2, 0.25) is 0 Å². The van der Waals surface area contributed by atoms with E-state index in [4.69, 9.17) is 5.11 Å². The molecule has 0 spiro atoms. The Morgan fingerprint density at radius 1 is 1.11 bits per heavy atom. The number of anilines is 1. The zero-order valence-corrected chi connectivity index (χ0v) is 10.3. The van der Waals surface area contributed by atoms with Gasteiger partial charge < -0.3 is 10.0 Å². The number of aliphatic hydroxyl groups is 1. The molecule has 0 unspecified atom stereocenters. The Kier molecular flexibility index (Phi) is 4.20. The maximum atomic E-state index is 8.78. The third-order valence-corrected chi connectivity index (χ3v) is 2.62. The minimum absolute atomic E-state index is 0.184. The van der Waals surface area contributed by atoms with Gasteiger partial charge in [0.25, 0.3) is 0 Å². The highest BCUT2D eigenvalue weighted by atomic mass is 16.3. The lowest BCUT2D eigenvalue weighted by Crippen LogP contribution is -2.20. The number of hydrogen-bond acceptors (Lipinski definition) is 5. The minimum Gasteiger partial charge on any atom is -0.396 e. The third kappa shape index (κ3) is 3.01. The lowest BCUT2D eigenvalue weighted by Gasteiger charge is -2.16. The fourth-order valence-electron chi connectivity index (χ4n) is 1.60. The summed E-state index contributed by atoms with van der Waals surface area (Å²) in [6.45, 7) is 0.942. The summed E-state index contributed by atoms with van der Waals surface area (Å²) in [7, 11) is 1.93. The van der Waals surface area contributed by atoms with Gasteiger partial charge >= 0.3 is 0 Å². The molecule has 0 aliphatic carbocycles. The second-order valence-electron chi connectivity index (χ2n) is 3.99. The van der Waals surface area contributed by atoms with Crippen molar-refractivity contribution in [3.8, 4) is 11.4 Å². The molecule has 0 fully saturated rings. The molecule has 0 radical (unpaired) electrons. The van der Waals surface area contributed by atoms with Crippen molar-refractivity contribution in [1.82, 2.24) is 15.2 Å². The molecule has 0 atom stereocenters. The average Bonchev–Trinajstić information content (AvgIpc) is 2.46. The molecule has 5 nitrogen and oxygen atoms in total. The van der Waals surface area contributed by atoms with E-state index in [9.17, 15) is 0 Å². The Hall–Kier alpha value is -2.01. The second kappa shape index (κ2) is 6.07. The molecule has 0 saturated carbocycles. The van der Waals surface area contributed by atoms with Gasteiger partial charge in [-0.25, -0.2) is 0 Å². The molecule has 2 rings (SSSR count). The summed E-state index contributed by atoms with van der Waals surface area (Å²) in [5.41, 5.74) is 1.57. The van der Waals surface area contributed by atoms with Crippen LogP contribution in [0.1, 0.15) is 6.42 Å². The van der Waals surface area contributed by atoms with Crippen LogP contribution in [0.5, 0.6) is 0 Å². The van der Waals surface area contributed by atoms with E-state index in [0.29, 0.717) is 0 Å². The van der Waals surface area contributed by atoms with Crippen LogP contribution >= 0.6 is 0 Å². The van der Waals surface area contributed by atoms with Crippen molar-refractivity contribution >= 4 is 5.82 Å². The predicted molar refractivity (Wildman–Crippen MR) is 70.2 cm³/mol. The van der Waals surface area contributed by atoms with E-state index in [0.717, 1.165) is 30.2 Å². The predicted octanol–water partition coefficient (Wildman–Crippen LogP) is 1.36. The number of hydrogen-bond donors (Lipinski definition) is 1. The van der Waals surface area contributed by atoms with Crippen molar-refractivity contribution in [3.05, 3.63) is 36.5 Å². The molecular formula is C13H16N4O. The van der Waals surface area contributed by atoms with E-state index < -0.39 is 0 Å². The normalized spacial score (nSPS) is 10.3. The molecule has 18 heavy (non-hydrogen) atoms. The number of nitrogens with zero attached hydrogens (tertiary/aromatic N) is 4. The summed E-state index contributed by atoms with van der Waals surface area (Å²) in [6, 6.07) is 9.51. The van der Waals surface area contributed by atoms with Crippen molar-refractivity contribution < 1.29 is 5.11 Å². The van der Waals surface area contributed by atoms with Gasteiger partial charge in [-0.05, 0) is 30.7 Å². The van der Waals surface area contributed by atoms with Gasteiger partial charge in [-0.3, -0.25) is 4.98 Å². The van der Waals surface area contributed by atoms with Gasteiger partial charge in [0.2, 0.25) is 0 Å². The standard InChI is InChI=1S/C13H16N4O/c1-17(9-4-10-18)13-7-6-12(15-16-13)11-5-2-3-8-14-11/h2-3,5-8,18H,4,9-10H2,1H3. The lowest BCUT2D eigenvalue weighted by molar-refractivity contribution is 0.290. The largest absolute Gasteiger partial charge is 0.396 e. The van der Waals surface area contributed by atoms with E-state index >= 15 is 0 Å². The first-order valence-electron chi connectivity index (χ1n) is 5.88. The van der Waals surface area contributed by atoms with Crippen LogP contribution in [0, 0.1) is 0 Å². The Balaban J connectivity index is 2.10.